The number of halogens is 1. The van der Waals surface area contributed by atoms with Gasteiger partial charge in [-0.25, -0.2) is 4.39 Å². The minimum atomic E-state index is -2.10. The lowest BCUT2D eigenvalue weighted by Crippen LogP contribution is -2.51. The van der Waals surface area contributed by atoms with Crippen molar-refractivity contribution in [3.8, 4) is 0 Å². The van der Waals surface area contributed by atoms with E-state index in [2.05, 4.69) is 13.8 Å². The molecule has 0 heterocycles. The minimum Gasteiger partial charge on any atom is -0.359 e. The number of hydrogen-bond donors (Lipinski definition) is 1. The van der Waals surface area contributed by atoms with E-state index < -0.39 is 5.85 Å². The lowest BCUT2D eigenvalue weighted by molar-refractivity contribution is -0.133. The van der Waals surface area contributed by atoms with Crippen molar-refractivity contribution in [3.63, 3.8) is 0 Å². The van der Waals surface area contributed by atoms with E-state index in [0.717, 1.165) is 50.5 Å². The molecule has 3 heteroatoms. The fraction of sp³-hybridized carbons (Fsp3) is 0.842. The van der Waals surface area contributed by atoms with Crippen molar-refractivity contribution in [1.29, 1.82) is 0 Å². The molecule has 6 atom stereocenters. The van der Waals surface area contributed by atoms with Gasteiger partial charge in [0.2, 0.25) is 5.85 Å². The molecule has 4 rings (SSSR count). The standard InChI is InChI=1S/C19H27FO2/c1-17-9-10-19(20,22)11-12(17)3-4-13-14-5-6-16(21)18(14,2)8-7-15(13)17/h11,13-15,22H,3-10H2,1-2H3/t13-,14-,15-,17-,18-,19?/m0/s1. The lowest BCUT2D eigenvalue weighted by Gasteiger charge is -2.57. The molecular weight excluding hydrogens is 279 g/mol. The predicted octanol–water partition coefficient (Wildman–Crippen LogP) is 4.18. The summed E-state index contributed by atoms with van der Waals surface area (Å²) in [4.78, 5) is 12.4. The van der Waals surface area contributed by atoms with Crippen LogP contribution in [-0.2, 0) is 4.79 Å². The molecule has 3 fully saturated rings. The Balaban J connectivity index is 1.69. The topological polar surface area (TPSA) is 37.3 Å². The number of carbonyl (C=O) groups excluding carboxylic acids is 1. The van der Waals surface area contributed by atoms with Crippen molar-refractivity contribution in [2.24, 2.45) is 28.6 Å². The van der Waals surface area contributed by atoms with Gasteiger partial charge in [0, 0.05) is 18.3 Å². The maximum Gasteiger partial charge on any atom is 0.226 e. The Bertz CT molecular complexity index is 552. The molecular formula is C19H27FO2. The Hall–Kier alpha value is -0.700. The minimum absolute atomic E-state index is 0.0359. The van der Waals surface area contributed by atoms with Gasteiger partial charge >= 0.3 is 0 Å². The van der Waals surface area contributed by atoms with Crippen LogP contribution in [0.5, 0.6) is 0 Å². The fourth-order valence-corrected chi connectivity index (χ4v) is 6.46. The molecule has 0 aromatic rings. The fourth-order valence-electron chi connectivity index (χ4n) is 6.46. The average molecular weight is 306 g/mol. The Morgan fingerprint density at radius 1 is 1.05 bits per heavy atom. The smallest absolute Gasteiger partial charge is 0.226 e. The Morgan fingerprint density at radius 3 is 2.55 bits per heavy atom. The Morgan fingerprint density at radius 2 is 1.77 bits per heavy atom. The van der Waals surface area contributed by atoms with Gasteiger partial charge in [0.05, 0.1) is 0 Å². The van der Waals surface area contributed by atoms with Crippen molar-refractivity contribution in [2.45, 2.75) is 71.1 Å². The van der Waals surface area contributed by atoms with Gasteiger partial charge < -0.3 is 5.11 Å². The molecule has 122 valence electrons. The maximum atomic E-state index is 14.0. The SMILES string of the molecule is C[C@]12CCC(O)(F)C=C1CC[C@@H]1[C@@H]2CC[C@]2(C)C(=O)CC[C@@H]12. The summed E-state index contributed by atoms with van der Waals surface area (Å²) in [7, 11) is 0. The van der Waals surface area contributed by atoms with Gasteiger partial charge in [-0.05, 0) is 67.8 Å². The largest absolute Gasteiger partial charge is 0.359 e. The Kier molecular flexibility index (Phi) is 3.00. The van der Waals surface area contributed by atoms with Crippen LogP contribution in [0.25, 0.3) is 0 Å². The van der Waals surface area contributed by atoms with Gasteiger partial charge in [0.15, 0.2) is 0 Å². The van der Waals surface area contributed by atoms with Crippen LogP contribution in [0.15, 0.2) is 11.6 Å². The zero-order valence-corrected chi connectivity index (χ0v) is 13.7. The third-order valence-corrected chi connectivity index (χ3v) is 7.84. The summed E-state index contributed by atoms with van der Waals surface area (Å²) in [5.41, 5.74) is 1.08. The molecule has 0 aromatic heterocycles. The number of alkyl halides is 1. The molecule has 0 bridgehead atoms. The number of hydrogen-bond acceptors (Lipinski definition) is 2. The van der Waals surface area contributed by atoms with Gasteiger partial charge in [-0.1, -0.05) is 19.4 Å². The molecule has 0 spiro atoms. The van der Waals surface area contributed by atoms with Crippen LogP contribution in [-0.4, -0.2) is 16.7 Å². The third kappa shape index (κ3) is 1.84. The summed E-state index contributed by atoms with van der Waals surface area (Å²) in [5.74, 6) is 0.0760. The first kappa shape index (κ1) is 14.9. The number of fused-ring (bicyclic) bond motifs is 5. The zero-order valence-electron chi connectivity index (χ0n) is 13.7. The van der Waals surface area contributed by atoms with Crippen molar-refractivity contribution in [3.05, 3.63) is 11.6 Å². The number of aliphatic hydroxyl groups is 1. The van der Waals surface area contributed by atoms with Gasteiger partial charge in [-0.3, -0.25) is 4.79 Å². The highest BCUT2D eigenvalue weighted by molar-refractivity contribution is 5.87. The average Bonchev–Trinajstić information content (AvgIpc) is 2.76. The molecule has 3 saturated carbocycles. The summed E-state index contributed by atoms with van der Waals surface area (Å²) in [6.45, 7) is 4.47. The second-order valence-corrected chi connectivity index (χ2v) is 8.74. The summed E-state index contributed by atoms with van der Waals surface area (Å²) in [5, 5.41) is 9.76. The summed E-state index contributed by atoms with van der Waals surface area (Å²) in [6.07, 6.45) is 8.33. The van der Waals surface area contributed by atoms with Crippen LogP contribution in [0, 0.1) is 28.6 Å². The molecule has 4 aliphatic rings. The van der Waals surface area contributed by atoms with Gasteiger partial charge in [-0.15, -0.1) is 0 Å². The molecule has 22 heavy (non-hydrogen) atoms. The number of allylic oxidation sites excluding steroid dienone is 1. The molecule has 0 aromatic carbocycles. The number of ketones is 1. The molecule has 0 radical (unpaired) electrons. The first-order valence-electron chi connectivity index (χ1n) is 8.93. The van der Waals surface area contributed by atoms with E-state index in [1.54, 1.807) is 0 Å². The van der Waals surface area contributed by atoms with Gasteiger partial charge in [0.1, 0.15) is 5.78 Å². The van der Waals surface area contributed by atoms with Crippen molar-refractivity contribution >= 4 is 5.78 Å². The highest BCUT2D eigenvalue weighted by Crippen LogP contribution is 2.65. The van der Waals surface area contributed by atoms with Crippen LogP contribution in [0.2, 0.25) is 0 Å². The lowest BCUT2D eigenvalue weighted by atomic mass is 9.47. The van der Waals surface area contributed by atoms with Crippen LogP contribution >= 0.6 is 0 Å². The van der Waals surface area contributed by atoms with E-state index in [1.165, 1.54) is 6.08 Å². The Labute approximate surface area is 132 Å². The van der Waals surface area contributed by atoms with Crippen LogP contribution in [0.4, 0.5) is 4.39 Å². The highest BCUT2D eigenvalue weighted by atomic mass is 19.2. The normalized spacial score (nSPS) is 54.3. The molecule has 0 amide bonds. The van der Waals surface area contributed by atoms with E-state index in [0.29, 0.717) is 23.5 Å². The number of carbonyl (C=O) groups is 1. The third-order valence-electron chi connectivity index (χ3n) is 7.84. The first-order valence-corrected chi connectivity index (χ1v) is 8.93. The zero-order chi connectivity index (χ0) is 15.8. The van der Waals surface area contributed by atoms with E-state index in [-0.39, 0.29) is 17.3 Å². The molecule has 1 N–H and O–H groups in total. The van der Waals surface area contributed by atoms with E-state index >= 15 is 0 Å². The predicted molar refractivity (Wildman–Crippen MR) is 82.8 cm³/mol. The monoisotopic (exact) mass is 306 g/mol. The highest BCUT2D eigenvalue weighted by Gasteiger charge is 2.59. The second-order valence-electron chi connectivity index (χ2n) is 8.74. The first-order chi connectivity index (χ1) is 10.3. The second kappa shape index (κ2) is 4.43. The van der Waals surface area contributed by atoms with Crippen molar-refractivity contribution < 1.29 is 14.3 Å². The van der Waals surface area contributed by atoms with E-state index in [9.17, 15) is 14.3 Å². The molecule has 4 aliphatic carbocycles. The van der Waals surface area contributed by atoms with Crippen LogP contribution in [0.3, 0.4) is 0 Å². The van der Waals surface area contributed by atoms with Crippen LogP contribution in [0.1, 0.15) is 65.2 Å². The summed E-state index contributed by atoms with van der Waals surface area (Å²) < 4.78 is 14.0. The van der Waals surface area contributed by atoms with Gasteiger partial charge in [0.25, 0.3) is 0 Å². The van der Waals surface area contributed by atoms with E-state index in [4.69, 9.17) is 0 Å². The molecule has 2 nitrogen and oxygen atoms in total. The van der Waals surface area contributed by atoms with Gasteiger partial charge in [-0.2, -0.15) is 0 Å². The summed E-state index contributed by atoms with van der Waals surface area (Å²) >= 11 is 0. The number of Topliss-reactive ketones (excluding diaryl/α,β-unsaturated/α-hetero) is 1. The van der Waals surface area contributed by atoms with E-state index in [1.807, 2.05) is 0 Å². The number of rotatable bonds is 0. The molecule has 0 aliphatic heterocycles. The quantitative estimate of drug-likeness (QED) is 0.682. The van der Waals surface area contributed by atoms with Crippen LogP contribution < -0.4 is 0 Å². The molecule has 0 saturated heterocycles. The van der Waals surface area contributed by atoms with Crippen molar-refractivity contribution in [1.82, 2.24) is 0 Å². The summed E-state index contributed by atoms with van der Waals surface area (Å²) in [6, 6.07) is 0. The van der Waals surface area contributed by atoms with Crippen molar-refractivity contribution in [2.75, 3.05) is 0 Å². The molecule has 1 unspecified atom stereocenters. The maximum absolute atomic E-state index is 14.0.